The molecule has 0 aliphatic carbocycles. The number of anilines is 1. The molecular formula is C20H27N3O3S+2. The van der Waals surface area contributed by atoms with Crippen molar-refractivity contribution in [3.8, 4) is 11.1 Å². The van der Waals surface area contributed by atoms with Gasteiger partial charge in [0.25, 0.3) is 5.91 Å². The van der Waals surface area contributed by atoms with Crippen molar-refractivity contribution >= 4 is 28.2 Å². The molecule has 1 aliphatic rings. The first kappa shape index (κ1) is 19.5. The van der Waals surface area contributed by atoms with Gasteiger partial charge in [-0.2, -0.15) is 0 Å². The number of rotatable bonds is 5. The van der Waals surface area contributed by atoms with Gasteiger partial charge >= 0.3 is 5.97 Å². The SMILES string of the molecule is COC(=O)c1c(NC(=O)C[NH+]2CC[NH+](C)CC2)sc(C)c1-c1ccccc1. The highest BCUT2D eigenvalue weighted by atomic mass is 32.1. The van der Waals surface area contributed by atoms with Crippen LogP contribution in [0.1, 0.15) is 15.2 Å². The molecule has 0 radical (unpaired) electrons. The summed E-state index contributed by atoms with van der Waals surface area (Å²) in [6.45, 7) is 6.51. The monoisotopic (exact) mass is 389 g/mol. The van der Waals surface area contributed by atoms with Crippen LogP contribution < -0.4 is 15.1 Å². The zero-order valence-corrected chi connectivity index (χ0v) is 16.9. The van der Waals surface area contributed by atoms with Crippen LogP contribution in [0, 0.1) is 6.92 Å². The molecule has 27 heavy (non-hydrogen) atoms. The number of ether oxygens (including phenoxy) is 1. The van der Waals surface area contributed by atoms with Crippen LogP contribution in [-0.2, 0) is 9.53 Å². The lowest BCUT2D eigenvalue weighted by Gasteiger charge is -2.26. The summed E-state index contributed by atoms with van der Waals surface area (Å²) in [4.78, 5) is 28.8. The van der Waals surface area contributed by atoms with Crippen LogP contribution in [0.15, 0.2) is 30.3 Å². The van der Waals surface area contributed by atoms with Crippen molar-refractivity contribution in [3.05, 3.63) is 40.8 Å². The molecule has 0 atom stereocenters. The van der Waals surface area contributed by atoms with Crippen LogP contribution in [-0.4, -0.2) is 58.8 Å². The number of hydrogen-bond acceptors (Lipinski definition) is 4. The number of methoxy groups -OCH3 is 1. The number of thiophene rings is 1. The molecule has 0 spiro atoms. The number of nitrogens with one attached hydrogen (secondary N) is 3. The van der Waals surface area contributed by atoms with Gasteiger partial charge in [0.1, 0.15) is 36.7 Å². The molecule has 144 valence electrons. The minimum Gasteiger partial charge on any atom is -0.465 e. The number of likely N-dealkylation sites (N-methyl/N-ethyl adjacent to an activating group) is 1. The molecule has 1 amide bonds. The van der Waals surface area contributed by atoms with E-state index in [2.05, 4.69) is 12.4 Å². The Morgan fingerprint density at radius 1 is 1.15 bits per heavy atom. The standard InChI is InChI=1S/C20H25N3O3S/c1-14-17(15-7-5-4-6-8-15)18(20(25)26-3)19(27-14)21-16(24)13-23-11-9-22(2)10-12-23/h4-8H,9-13H2,1-3H3,(H,21,24)/p+2. The predicted octanol–water partition coefficient (Wildman–Crippen LogP) is -0.138. The summed E-state index contributed by atoms with van der Waals surface area (Å²) in [5, 5.41) is 3.54. The van der Waals surface area contributed by atoms with E-state index in [0.29, 0.717) is 17.1 Å². The normalized spacial score (nSPS) is 19.5. The number of aryl methyl sites for hydroxylation is 1. The molecule has 2 aromatic rings. The second kappa shape index (κ2) is 8.65. The number of piperazine rings is 1. The average molecular weight is 390 g/mol. The molecule has 1 saturated heterocycles. The van der Waals surface area contributed by atoms with Crippen molar-refractivity contribution < 1.29 is 24.1 Å². The number of carbonyl (C=O) groups excluding carboxylic acids is 2. The van der Waals surface area contributed by atoms with Crippen molar-refractivity contribution in [2.24, 2.45) is 0 Å². The van der Waals surface area contributed by atoms with Gasteiger partial charge in [-0.1, -0.05) is 30.3 Å². The van der Waals surface area contributed by atoms with E-state index in [1.807, 2.05) is 37.3 Å². The summed E-state index contributed by atoms with van der Waals surface area (Å²) in [6, 6.07) is 9.73. The topological polar surface area (TPSA) is 64.3 Å². The van der Waals surface area contributed by atoms with Crippen LogP contribution in [0.4, 0.5) is 5.00 Å². The maximum Gasteiger partial charge on any atom is 0.341 e. The zero-order valence-electron chi connectivity index (χ0n) is 16.1. The Labute approximate surface area is 163 Å². The highest BCUT2D eigenvalue weighted by Crippen LogP contribution is 2.40. The molecule has 1 aromatic heterocycles. The molecule has 0 bridgehead atoms. The van der Waals surface area contributed by atoms with Crippen LogP contribution in [0.3, 0.4) is 0 Å². The van der Waals surface area contributed by atoms with Crippen LogP contribution in [0.2, 0.25) is 0 Å². The van der Waals surface area contributed by atoms with Gasteiger partial charge in [0.15, 0.2) is 6.54 Å². The van der Waals surface area contributed by atoms with Gasteiger partial charge in [0.05, 0.1) is 14.2 Å². The quantitative estimate of drug-likeness (QED) is 0.624. The maximum atomic E-state index is 12.6. The fraction of sp³-hybridized carbons (Fsp3) is 0.400. The lowest BCUT2D eigenvalue weighted by Crippen LogP contribution is -3.27. The lowest BCUT2D eigenvalue weighted by atomic mass is 10.0. The number of quaternary nitrogens is 2. The maximum absolute atomic E-state index is 12.6. The van der Waals surface area contributed by atoms with Gasteiger partial charge in [-0.25, -0.2) is 4.79 Å². The number of amides is 1. The fourth-order valence-electron chi connectivity index (χ4n) is 3.49. The highest BCUT2D eigenvalue weighted by Gasteiger charge is 2.27. The van der Waals surface area contributed by atoms with E-state index >= 15 is 0 Å². The Balaban J connectivity index is 1.83. The van der Waals surface area contributed by atoms with Gasteiger partial charge in [0.2, 0.25) is 0 Å². The molecule has 2 heterocycles. The third kappa shape index (κ3) is 4.55. The number of benzene rings is 1. The van der Waals surface area contributed by atoms with E-state index in [1.54, 1.807) is 0 Å². The Morgan fingerprint density at radius 3 is 2.44 bits per heavy atom. The molecule has 7 heteroatoms. The van der Waals surface area contributed by atoms with E-state index in [9.17, 15) is 9.59 Å². The smallest absolute Gasteiger partial charge is 0.341 e. The molecule has 0 saturated carbocycles. The van der Waals surface area contributed by atoms with Crippen LogP contribution in [0.25, 0.3) is 11.1 Å². The summed E-state index contributed by atoms with van der Waals surface area (Å²) in [5.74, 6) is -0.486. The molecule has 3 N–H and O–H groups in total. The molecule has 0 unspecified atom stereocenters. The summed E-state index contributed by atoms with van der Waals surface area (Å²) >= 11 is 1.42. The van der Waals surface area contributed by atoms with E-state index in [0.717, 1.165) is 42.2 Å². The first-order valence-corrected chi connectivity index (χ1v) is 10.0. The molecule has 3 rings (SSSR count). The van der Waals surface area contributed by atoms with Gasteiger partial charge in [0, 0.05) is 10.4 Å². The highest BCUT2D eigenvalue weighted by molar-refractivity contribution is 7.17. The van der Waals surface area contributed by atoms with Crippen molar-refractivity contribution in [2.45, 2.75) is 6.92 Å². The summed E-state index contributed by atoms with van der Waals surface area (Å²) in [5.41, 5.74) is 2.22. The van der Waals surface area contributed by atoms with Gasteiger partial charge < -0.3 is 19.9 Å². The largest absolute Gasteiger partial charge is 0.465 e. The summed E-state index contributed by atoms with van der Waals surface area (Å²) in [7, 11) is 3.55. The number of carbonyl (C=O) groups is 2. The van der Waals surface area contributed by atoms with Crippen LogP contribution >= 0.6 is 11.3 Å². The summed E-state index contributed by atoms with van der Waals surface area (Å²) < 4.78 is 5.00. The van der Waals surface area contributed by atoms with Crippen LogP contribution in [0.5, 0.6) is 0 Å². The van der Waals surface area contributed by atoms with Gasteiger partial charge in [-0.15, -0.1) is 11.3 Å². The Morgan fingerprint density at radius 2 is 1.81 bits per heavy atom. The third-order valence-corrected chi connectivity index (χ3v) is 6.03. The Hall–Kier alpha value is -2.22. The van der Waals surface area contributed by atoms with E-state index < -0.39 is 5.97 Å². The first-order chi connectivity index (χ1) is 13.0. The Kier molecular flexibility index (Phi) is 6.26. The Bertz CT molecular complexity index is 811. The molecular weight excluding hydrogens is 362 g/mol. The molecule has 1 fully saturated rings. The number of hydrogen-bond donors (Lipinski definition) is 3. The number of esters is 1. The summed E-state index contributed by atoms with van der Waals surface area (Å²) in [6.07, 6.45) is 0. The fourth-order valence-corrected chi connectivity index (χ4v) is 4.57. The van der Waals surface area contributed by atoms with E-state index in [-0.39, 0.29) is 5.91 Å². The van der Waals surface area contributed by atoms with E-state index in [4.69, 9.17) is 4.74 Å². The molecule has 1 aromatic carbocycles. The third-order valence-electron chi connectivity index (χ3n) is 5.01. The van der Waals surface area contributed by atoms with Crippen molar-refractivity contribution in [3.63, 3.8) is 0 Å². The minimum absolute atomic E-state index is 0.0597. The van der Waals surface area contributed by atoms with Crippen molar-refractivity contribution in [1.82, 2.24) is 0 Å². The van der Waals surface area contributed by atoms with E-state index in [1.165, 1.54) is 28.2 Å². The average Bonchev–Trinajstić information content (AvgIpc) is 2.99. The van der Waals surface area contributed by atoms with Crippen molar-refractivity contribution in [2.75, 3.05) is 52.2 Å². The molecule has 1 aliphatic heterocycles. The van der Waals surface area contributed by atoms with Gasteiger partial charge in [-0.05, 0) is 12.5 Å². The first-order valence-electron chi connectivity index (χ1n) is 9.21. The molecule has 6 nitrogen and oxygen atoms in total. The lowest BCUT2D eigenvalue weighted by molar-refractivity contribution is -0.999. The zero-order chi connectivity index (χ0) is 19.4. The minimum atomic E-state index is -0.427. The second-order valence-electron chi connectivity index (χ2n) is 7.03. The van der Waals surface area contributed by atoms with Gasteiger partial charge in [-0.3, -0.25) is 4.79 Å². The van der Waals surface area contributed by atoms with Crippen molar-refractivity contribution in [1.29, 1.82) is 0 Å². The second-order valence-corrected chi connectivity index (χ2v) is 8.25. The predicted molar refractivity (Wildman–Crippen MR) is 107 cm³/mol.